The highest BCUT2D eigenvalue weighted by molar-refractivity contribution is 7.15. The van der Waals surface area contributed by atoms with Crippen LogP contribution in [0.4, 0.5) is 0 Å². The summed E-state index contributed by atoms with van der Waals surface area (Å²) in [5, 5.41) is 8.38. The maximum absolute atomic E-state index is 5.58. The minimum Gasteiger partial charge on any atom is -0.330 e. The molecule has 3 rings (SSSR count). The van der Waals surface area contributed by atoms with Crippen LogP contribution in [0.25, 0.3) is 10.7 Å². The van der Waals surface area contributed by atoms with E-state index < -0.39 is 0 Å². The van der Waals surface area contributed by atoms with E-state index in [-0.39, 0.29) is 0 Å². The normalized spacial score (nSPS) is 11.0. The van der Waals surface area contributed by atoms with Gasteiger partial charge in [-0.05, 0) is 19.0 Å². The van der Waals surface area contributed by atoms with Crippen molar-refractivity contribution < 1.29 is 0 Å². The molecule has 21 heavy (non-hydrogen) atoms. The molecule has 0 aliphatic heterocycles. The van der Waals surface area contributed by atoms with E-state index in [4.69, 9.17) is 5.73 Å². The molecule has 3 N–H and O–H groups in total. The van der Waals surface area contributed by atoms with Crippen molar-refractivity contribution >= 4 is 11.3 Å². The van der Waals surface area contributed by atoms with E-state index >= 15 is 0 Å². The third-order valence-electron chi connectivity index (χ3n) is 3.15. The SMILES string of the molecule is Cc1nc(CCN)sc1-c1n[nH]c(Cc2ccccc2)n1. The van der Waals surface area contributed by atoms with Crippen LogP contribution in [-0.4, -0.2) is 26.7 Å². The molecule has 0 amide bonds. The topological polar surface area (TPSA) is 80.5 Å². The summed E-state index contributed by atoms with van der Waals surface area (Å²) in [5.41, 5.74) is 7.76. The third-order valence-corrected chi connectivity index (χ3v) is 4.36. The largest absolute Gasteiger partial charge is 0.330 e. The number of aromatic nitrogens is 4. The van der Waals surface area contributed by atoms with E-state index in [9.17, 15) is 0 Å². The fourth-order valence-electron chi connectivity index (χ4n) is 2.16. The molecule has 0 aliphatic rings. The van der Waals surface area contributed by atoms with Crippen molar-refractivity contribution in [3.05, 3.63) is 52.4 Å². The number of aryl methyl sites for hydroxylation is 1. The molecule has 0 aliphatic carbocycles. The number of thiazole rings is 1. The minimum atomic E-state index is 0.611. The summed E-state index contributed by atoms with van der Waals surface area (Å²) >= 11 is 1.62. The van der Waals surface area contributed by atoms with Crippen molar-refractivity contribution in [3.63, 3.8) is 0 Å². The zero-order chi connectivity index (χ0) is 14.7. The molecular formula is C15H17N5S. The predicted octanol–water partition coefficient (Wildman–Crippen LogP) is 2.33. The van der Waals surface area contributed by atoms with Crippen LogP contribution >= 0.6 is 11.3 Å². The Morgan fingerprint density at radius 3 is 2.76 bits per heavy atom. The molecule has 0 spiro atoms. The number of nitrogens with zero attached hydrogens (tertiary/aromatic N) is 3. The molecule has 3 aromatic rings. The second kappa shape index (κ2) is 6.15. The molecule has 1 aromatic carbocycles. The molecule has 108 valence electrons. The molecule has 0 radical (unpaired) electrons. The van der Waals surface area contributed by atoms with E-state index in [1.807, 2.05) is 25.1 Å². The lowest BCUT2D eigenvalue weighted by atomic mass is 10.1. The van der Waals surface area contributed by atoms with Gasteiger partial charge in [0.2, 0.25) is 0 Å². The van der Waals surface area contributed by atoms with Crippen LogP contribution in [0.5, 0.6) is 0 Å². The highest BCUT2D eigenvalue weighted by Gasteiger charge is 2.14. The molecule has 5 nitrogen and oxygen atoms in total. The molecular weight excluding hydrogens is 282 g/mol. The number of nitrogens with two attached hydrogens (primary N) is 1. The van der Waals surface area contributed by atoms with Crippen molar-refractivity contribution in [2.24, 2.45) is 5.73 Å². The Hall–Kier alpha value is -2.05. The van der Waals surface area contributed by atoms with Crippen LogP contribution in [-0.2, 0) is 12.8 Å². The molecule has 0 atom stereocenters. The first-order valence-corrected chi connectivity index (χ1v) is 7.70. The molecule has 0 unspecified atom stereocenters. The van der Waals surface area contributed by atoms with Gasteiger partial charge in [-0.1, -0.05) is 30.3 Å². The van der Waals surface area contributed by atoms with Crippen LogP contribution < -0.4 is 5.73 Å². The molecule has 2 aromatic heterocycles. The summed E-state index contributed by atoms with van der Waals surface area (Å²) in [4.78, 5) is 10.1. The van der Waals surface area contributed by atoms with Gasteiger partial charge >= 0.3 is 0 Å². The molecule has 6 heteroatoms. The van der Waals surface area contributed by atoms with Gasteiger partial charge in [0.05, 0.1) is 15.6 Å². The zero-order valence-electron chi connectivity index (χ0n) is 11.8. The van der Waals surface area contributed by atoms with Gasteiger partial charge in [-0.25, -0.2) is 9.97 Å². The monoisotopic (exact) mass is 299 g/mol. The predicted molar refractivity (Wildman–Crippen MR) is 84.2 cm³/mol. The van der Waals surface area contributed by atoms with Gasteiger partial charge < -0.3 is 5.73 Å². The highest BCUT2D eigenvalue weighted by Crippen LogP contribution is 2.27. The fourth-order valence-corrected chi connectivity index (χ4v) is 3.17. The van der Waals surface area contributed by atoms with Crippen molar-refractivity contribution in [3.8, 4) is 10.7 Å². The average molecular weight is 299 g/mol. The Balaban J connectivity index is 1.81. The van der Waals surface area contributed by atoms with Gasteiger partial charge in [0, 0.05) is 12.8 Å². The van der Waals surface area contributed by atoms with Crippen LogP contribution in [0.15, 0.2) is 30.3 Å². The molecule has 0 saturated heterocycles. The molecule has 0 saturated carbocycles. The van der Waals surface area contributed by atoms with Gasteiger partial charge in [0.25, 0.3) is 0 Å². The Kier molecular flexibility index (Phi) is 4.08. The lowest BCUT2D eigenvalue weighted by Crippen LogP contribution is -2.01. The third kappa shape index (κ3) is 3.17. The first kappa shape index (κ1) is 13.9. The summed E-state index contributed by atoms with van der Waals surface area (Å²) in [6, 6.07) is 10.2. The summed E-state index contributed by atoms with van der Waals surface area (Å²) in [5.74, 6) is 1.59. The standard InChI is InChI=1S/C15H17N5S/c1-10-14(21-13(17-10)7-8-16)15-18-12(19-20-15)9-11-5-3-2-4-6-11/h2-6H,7-9,16H2,1H3,(H,18,19,20). The summed E-state index contributed by atoms with van der Waals surface area (Å²) in [7, 11) is 0. The smallest absolute Gasteiger partial charge is 0.193 e. The highest BCUT2D eigenvalue weighted by atomic mass is 32.1. The number of hydrogen-bond donors (Lipinski definition) is 2. The summed E-state index contributed by atoms with van der Waals surface area (Å²) in [6.07, 6.45) is 1.55. The van der Waals surface area contributed by atoms with Crippen LogP contribution in [0.3, 0.4) is 0 Å². The minimum absolute atomic E-state index is 0.611. The molecule has 0 bridgehead atoms. The summed E-state index contributed by atoms with van der Waals surface area (Å²) in [6.45, 7) is 2.60. The van der Waals surface area contributed by atoms with Gasteiger partial charge in [-0.2, -0.15) is 5.10 Å². The zero-order valence-corrected chi connectivity index (χ0v) is 12.7. The van der Waals surface area contributed by atoms with Crippen molar-refractivity contribution in [1.82, 2.24) is 20.2 Å². The number of hydrogen-bond acceptors (Lipinski definition) is 5. The maximum atomic E-state index is 5.58. The Labute approximate surface area is 127 Å². The van der Waals surface area contributed by atoms with E-state index in [2.05, 4.69) is 32.3 Å². The average Bonchev–Trinajstić information content (AvgIpc) is 3.07. The number of benzene rings is 1. The van der Waals surface area contributed by atoms with Gasteiger partial charge in [-0.15, -0.1) is 11.3 Å². The van der Waals surface area contributed by atoms with Gasteiger partial charge in [-0.3, -0.25) is 5.10 Å². The van der Waals surface area contributed by atoms with E-state index in [0.29, 0.717) is 6.54 Å². The van der Waals surface area contributed by atoms with Crippen molar-refractivity contribution in [2.75, 3.05) is 6.54 Å². The first-order valence-electron chi connectivity index (χ1n) is 6.88. The van der Waals surface area contributed by atoms with Crippen LogP contribution in [0, 0.1) is 6.92 Å². The van der Waals surface area contributed by atoms with Crippen LogP contribution in [0.2, 0.25) is 0 Å². The van der Waals surface area contributed by atoms with Crippen LogP contribution in [0.1, 0.15) is 22.1 Å². The number of nitrogens with one attached hydrogen (secondary N) is 1. The van der Waals surface area contributed by atoms with Gasteiger partial charge in [0.1, 0.15) is 5.82 Å². The Bertz CT molecular complexity index is 717. The maximum Gasteiger partial charge on any atom is 0.193 e. The van der Waals surface area contributed by atoms with Gasteiger partial charge in [0.15, 0.2) is 5.82 Å². The van der Waals surface area contributed by atoms with E-state index in [0.717, 1.165) is 40.1 Å². The lowest BCUT2D eigenvalue weighted by Gasteiger charge is -1.95. The first-order chi connectivity index (χ1) is 10.3. The second-order valence-corrected chi connectivity index (χ2v) is 5.91. The second-order valence-electron chi connectivity index (χ2n) is 4.83. The molecule has 0 fully saturated rings. The number of aromatic amines is 1. The quantitative estimate of drug-likeness (QED) is 0.757. The number of rotatable bonds is 5. The Morgan fingerprint density at radius 1 is 1.19 bits per heavy atom. The lowest BCUT2D eigenvalue weighted by molar-refractivity contribution is 0.945. The van der Waals surface area contributed by atoms with E-state index in [1.165, 1.54) is 5.56 Å². The number of H-pyrrole nitrogens is 1. The van der Waals surface area contributed by atoms with Crippen molar-refractivity contribution in [2.45, 2.75) is 19.8 Å². The summed E-state index contributed by atoms with van der Waals surface area (Å²) < 4.78 is 0. The fraction of sp³-hybridized carbons (Fsp3) is 0.267. The van der Waals surface area contributed by atoms with E-state index in [1.54, 1.807) is 11.3 Å². The van der Waals surface area contributed by atoms with Crippen molar-refractivity contribution in [1.29, 1.82) is 0 Å². The molecule has 2 heterocycles. The Morgan fingerprint density at radius 2 is 2.00 bits per heavy atom.